The highest BCUT2D eigenvalue weighted by molar-refractivity contribution is 5.94. The van der Waals surface area contributed by atoms with Gasteiger partial charge >= 0.3 is 0 Å². The fraction of sp³-hybridized carbons (Fsp3) is 0.304. The fourth-order valence-electron chi connectivity index (χ4n) is 3.50. The first kappa shape index (κ1) is 21.1. The number of ether oxygens (including phenoxy) is 1. The molecular weight excluding hydrogens is 402 g/mol. The van der Waals surface area contributed by atoms with E-state index < -0.39 is 0 Å². The van der Waals surface area contributed by atoms with Crippen LogP contribution in [-0.4, -0.2) is 60.0 Å². The molecule has 0 unspecified atom stereocenters. The van der Waals surface area contributed by atoms with Gasteiger partial charge in [0, 0.05) is 25.2 Å². The van der Waals surface area contributed by atoms with Crippen molar-refractivity contribution in [3.05, 3.63) is 71.9 Å². The highest BCUT2D eigenvalue weighted by Gasteiger charge is 2.18. The number of carbonyl (C=O) groups excluding carboxylic acids is 1. The quantitative estimate of drug-likeness (QED) is 0.589. The summed E-state index contributed by atoms with van der Waals surface area (Å²) in [6.45, 7) is 4.72. The van der Waals surface area contributed by atoms with Gasteiger partial charge in [0.05, 0.1) is 24.6 Å². The van der Waals surface area contributed by atoms with Crippen molar-refractivity contribution >= 4 is 5.91 Å². The third-order valence-electron chi connectivity index (χ3n) is 5.19. The van der Waals surface area contributed by atoms with E-state index in [1.54, 1.807) is 30.3 Å². The van der Waals surface area contributed by atoms with Crippen molar-refractivity contribution in [2.45, 2.75) is 6.42 Å². The summed E-state index contributed by atoms with van der Waals surface area (Å²) < 4.78 is 33.5. The molecule has 0 bridgehead atoms. The number of carbonyl (C=O) groups is 1. The molecule has 8 heteroatoms. The van der Waals surface area contributed by atoms with Gasteiger partial charge in [0.1, 0.15) is 17.3 Å². The highest BCUT2D eigenvalue weighted by atomic mass is 19.1. The Morgan fingerprint density at radius 1 is 1.00 bits per heavy atom. The van der Waals surface area contributed by atoms with Crippen LogP contribution in [0.15, 0.2) is 54.6 Å². The Hall–Kier alpha value is -3.10. The zero-order valence-corrected chi connectivity index (χ0v) is 17.1. The molecule has 1 N–H and O–H groups in total. The summed E-state index contributed by atoms with van der Waals surface area (Å²) in [5, 5.41) is 7.46. The van der Waals surface area contributed by atoms with Gasteiger partial charge in [0.15, 0.2) is 0 Å². The second kappa shape index (κ2) is 9.80. The molecule has 6 nitrogen and oxygen atoms in total. The van der Waals surface area contributed by atoms with Gasteiger partial charge in [0.25, 0.3) is 5.91 Å². The van der Waals surface area contributed by atoms with Crippen LogP contribution in [0.4, 0.5) is 8.78 Å². The molecular formula is C23H24F2N4O2. The molecule has 0 spiro atoms. The largest absolute Gasteiger partial charge is 0.379 e. The SMILES string of the molecule is O=C(NCCCN1CCOCC1)c1cc(-c2ccc(F)cc2)nn1-c1ccc(F)cc1. The molecule has 162 valence electrons. The Morgan fingerprint density at radius 2 is 1.65 bits per heavy atom. The maximum Gasteiger partial charge on any atom is 0.270 e. The molecule has 1 aromatic heterocycles. The van der Waals surface area contributed by atoms with Crippen LogP contribution in [0.2, 0.25) is 0 Å². The summed E-state index contributed by atoms with van der Waals surface area (Å²) in [5.41, 5.74) is 2.11. The molecule has 0 saturated carbocycles. The molecule has 1 aliphatic heterocycles. The van der Waals surface area contributed by atoms with Gasteiger partial charge in [-0.3, -0.25) is 9.69 Å². The first-order valence-electron chi connectivity index (χ1n) is 10.3. The zero-order chi connectivity index (χ0) is 21.6. The third kappa shape index (κ3) is 5.34. The van der Waals surface area contributed by atoms with Crippen LogP contribution < -0.4 is 5.32 Å². The maximum atomic E-state index is 13.4. The lowest BCUT2D eigenvalue weighted by atomic mass is 10.1. The molecule has 2 heterocycles. The number of nitrogens with one attached hydrogen (secondary N) is 1. The molecule has 1 amide bonds. The van der Waals surface area contributed by atoms with Gasteiger partial charge in [-0.05, 0) is 67.6 Å². The van der Waals surface area contributed by atoms with E-state index in [9.17, 15) is 13.6 Å². The summed E-state index contributed by atoms with van der Waals surface area (Å²) in [5.74, 6) is -0.990. The molecule has 1 aliphatic rings. The van der Waals surface area contributed by atoms with Crippen LogP contribution >= 0.6 is 0 Å². The predicted octanol–water partition coefficient (Wildman–Crippen LogP) is 3.27. The van der Waals surface area contributed by atoms with Crippen LogP contribution in [0.1, 0.15) is 16.9 Å². The van der Waals surface area contributed by atoms with Crippen molar-refractivity contribution in [1.29, 1.82) is 0 Å². The first-order chi connectivity index (χ1) is 15.1. The van der Waals surface area contributed by atoms with E-state index in [0.717, 1.165) is 39.3 Å². The van der Waals surface area contributed by atoms with Gasteiger partial charge < -0.3 is 10.1 Å². The van der Waals surface area contributed by atoms with Crippen LogP contribution in [0.5, 0.6) is 0 Å². The third-order valence-corrected chi connectivity index (χ3v) is 5.19. The molecule has 0 radical (unpaired) electrons. The Balaban J connectivity index is 1.50. The number of rotatable bonds is 7. The van der Waals surface area contributed by atoms with Crippen LogP contribution in [0.3, 0.4) is 0 Å². The number of halogens is 2. The van der Waals surface area contributed by atoms with Crippen molar-refractivity contribution in [3.8, 4) is 16.9 Å². The van der Waals surface area contributed by atoms with E-state index in [1.807, 2.05) is 0 Å². The second-order valence-electron chi connectivity index (χ2n) is 7.37. The average molecular weight is 426 g/mol. The van der Waals surface area contributed by atoms with Crippen molar-refractivity contribution in [3.63, 3.8) is 0 Å². The zero-order valence-electron chi connectivity index (χ0n) is 17.1. The summed E-state index contributed by atoms with van der Waals surface area (Å²) in [7, 11) is 0. The lowest BCUT2D eigenvalue weighted by Crippen LogP contribution is -2.38. The smallest absolute Gasteiger partial charge is 0.270 e. The Bertz CT molecular complexity index is 1010. The van der Waals surface area contributed by atoms with Crippen molar-refractivity contribution in [1.82, 2.24) is 20.0 Å². The lowest BCUT2D eigenvalue weighted by Gasteiger charge is -2.26. The van der Waals surface area contributed by atoms with E-state index in [-0.39, 0.29) is 17.5 Å². The Labute approximate surface area is 179 Å². The Morgan fingerprint density at radius 3 is 2.32 bits per heavy atom. The van der Waals surface area contributed by atoms with E-state index in [2.05, 4.69) is 15.3 Å². The number of morpholine rings is 1. The molecule has 0 atom stereocenters. The number of nitrogens with zero attached hydrogens (tertiary/aromatic N) is 3. The summed E-state index contributed by atoms with van der Waals surface area (Å²) in [6, 6.07) is 13.3. The number of hydrogen-bond donors (Lipinski definition) is 1. The normalized spacial score (nSPS) is 14.5. The van der Waals surface area contributed by atoms with Gasteiger partial charge in [-0.15, -0.1) is 0 Å². The molecule has 1 saturated heterocycles. The number of aromatic nitrogens is 2. The fourth-order valence-corrected chi connectivity index (χ4v) is 3.50. The van der Waals surface area contributed by atoms with Crippen molar-refractivity contribution in [2.75, 3.05) is 39.4 Å². The molecule has 31 heavy (non-hydrogen) atoms. The van der Waals surface area contributed by atoms with Gasteiger partial charge in [-0.25, -0.2) is 13.5 Å². The van der Waals surface area contributed by atoms with E-state index in [1.165, 1.54) is 28.9 Å². The minimum Gasteiger partial charge on any atom is -0.379 e. The van der Waals surface area contributed by atoms with Crippen molar-refractivity contribution in [2.24, 2.45) is 0 Å². The monoisotopic (exact) mass is 426 g/mol. The minimum atomic E-state index is -0.372. The van der Waals surface area contributed by atoms with E-state index in [0.29, 0.717) is 29.2 Å². The lowest BCUT2D eigenvalue weighted by molar-refractivity contribution is 0.0374. The second-order valence-corrected chi connectivity index (χ2v) is 7.37. The highest BCUT2D eigenvalue weighted by Crippen LogP contribution is 2.22. The standard InChI is InChI=1S/C23H24F2N4O2/c24-18-4-2-17(3-5-18)21-16-22(29(27-21)20-8-6-19(25)7-9-20)23(30)26-10-1-11-28-12-14-31-15-13-28/h2-9,16H,1,10-15H2,(H,26,30). The average Bonchev–Trinajstić information content (AvgIpc) is 3.24. The Kier molecular flexibility index (Phi) is 6.69. The number of hydrogen-bond acceptors (Lipinski definition) is 4. The first-order valence-corrected chi connectivity index (χ1v) is 10.3. The van der Waals surface area contributed by atoms with Crippen LogP contribution in [-0.2, 0) is 4.74 Å². The number of benzene rings is 2. The van der Waals surface area contributed by atoms with E-state index >= 15 is 0 Å². The summed E-state index contributed by atoms with van der Waals surface area (Å²) >= 11 is 0. The summed E-state index contributed by atoms with van der Waals surface area (Å²) in [4.78, 5) is 15.2. The van der Waals surface area contributed by atoms with Gasteiger partial charge in [0.2, 0.25) is 0 Å². The van der Waals surface area contributed by atoms with Gasteiger partial charge in [-0.1, -0.05) is 0 Å². The van der Waals surface area contributed by atoms with E-state index in [4.69, 9.17) is 4.74 Å². The molecule has 4 rings (SSSR count). The molecule has 3 aromatic rings. The maximum absolute atomic E-state index is 13.4. The summed E-state index contributed by atoms with van der Waals surface area (Å²) in [6.07, 6.45) is 0.821. The van der Waals surface area contributed by atoms with Crippen LogP contribution in [0, 0.1) is 11.6 Å². The predicted molar refractivity (Wildman–Crippen MR) is 113 cm³/mol. The molecule has 2 aromatic carbocycles. The van der Waals surface area contributed by atoms with Crippen molar-refractivity contribution < 1.29 is 18.3 Å². The van der Waals surface area contributed by atoms with Gasteiger partial charge in [-0.2, -0.15) is 5.10 Å². The van der Waals surface area contributed by atoms with Crippen LogP contribution in [0.25, 0.3) is 16.9 Å². The minimum absolute atomic E-state index is 0.271. The topological polar surface area (TPSA) is 59.4 Å². The molecule has 0 aliphatic carbocycles. The number of amides is 1. The molecule has 1 fully saturated rings.